The Kier molecular flexibility index (Phi) is 3.54. The van der Waals surface area contributed by atoms with Gasteiger partial charge in [-0.05, 0) is 44.3 Å². The van der Waals surface area contributed by atoms with Crippen LogP contribution in [0, 0.1) is 5.41 Å². The number of imidazole rings is 1. The summed E-state index contributed by atoms with van der Waals surface area (Å²) in [6, 6.07) is 0. The minimum Gasteiger partial charge on any atom is -0.317 e. The largest absolute Gasteiger partial charge is 0.319 e. The van der Waals surface area contributed by atoms with Crippen LogP contribution in [-0.4, -0.2) is 40.6 Å². The maximum Gasteiger partial charge on any atom is 0.319 e. The average Bonchev–Trinajstić information content (AvgIpc) is 2.99. The Morgan fingerprint density at radius 3 is 2.84 bits per heavy atom. The second kappa shape index (κ2) is 5.17. The van der Waals surface area contributed by atoms with Gasteiger partial charge in [-0.15, -0.1) is 0 Å². The van der Waals surface area contributed by atoms with Gasteiger partial charge in [-0.1, -0.05) is 0 Å². The van der Waals surface area contributed by atoms with Crippen LogP contribution in [0.2, 0.25) is 0 Å². The first-order chi connectivity index (χ1) is 9.19. The third-order valence-corrected chi connectivity index (χ3v) is 4.51. The zero-order chi connectivity index (χ0) is 13.3. The minimum atomic E-state index is -2.49. The molecule has 106 valence electrons. The maximum absolute atomic E-state index is 12.8. The van der Waals surface area contributed by atoms with Crippen LogP contribution < -0.4 is 5.32 Å². The fourth-order valence-electron chi connectivity index (χ4n) is 3.37. The van der Waals surface area contributed by atoms with Gasteiger partial charge in [0, 0.05) is 18.9 Å². The number of nitrogens with one attached hydrogen (secondary N) is 1. The van der Waals surface area contributed by atoms with Crippen LogP contribution in [0.1, 0.15) is 31.6 Å². The van der Waals surface area contributed by atoms with Gasteiger partial charge in [0.05, 0.1) is 6.54 Å². The van der Waals surface area contributed by atoms with Gasteiger partial charge in [0.2, 0.25) is 0 Å². The van der Waals surface area contributed by atoms with E-state index in [2.05, 4.69) is 15.2 Å². The molecule has 2 aliphatic heterocycles. The van der Waals surface area contributed by atoms with Crippen molar-refractivity contribution in [2.24, 2.45) is 5.41 Å². The molecule has 0 amide bonds. The summed E-state index contributed by atoms with van der Waals surface area (Å²) in [5.74, 6) is 0.473. The lowest BCUT2D eigenvalue weighted by Crippen LogP contribution is -2.38. The Hall–Kier alpha value is -1.01. The van der Waals surface area contributed by atoms with Crippen LogP contribution >= 0.6 is 0 Å². The number of nitrogens with zero attached hydrogens (tertiary/aromatic N) is 3. The fourth-order valence-corrected chi connectivity index (χ4v) is 3.37. The fraction of sp³-hybridized carbons (Fsp3) is 0.769. The van der Waals surface area contributed by atoms with Crippen molar-refractivity contribution >= 4 is 0 Å². The van der Waals surface area contributed by atoms with Crippen LogP contribution in [0.4, 0.5) is 8.78 Å². The van der Waals surface area contributed by atoms with Crippen molar-refractivity contribution in [2.75, 3.05) is 26.2 Å². The van der Waals surface area contributed by atoms with E-state index in [0.29, 0.717) is 17.8 Å². The van der Waals surface area contributed by atoms with E-state index in [1.54, 1.807) is 0 Å². The van der Waals surface area contributed by atoms with E-state index in [1.807, 2.05) is 0 Å². The third-order valence-electron chi connectivity index (χ3n) is 4.51. The summed E-state index contributed by atoms with van der Waals surface area (Å²) in [4.78, 5) is 6.33. The third kappa shape index (κ3) is 2.65. The van der Waals surface area contributed by atoms with E-state index in [0.717, 1.165) is 30.7 Å². The number of hydrogen-bond acceptors (Lipinski definition) is 3. The molecule has 2 aliphatic rings. The predicted octanol–water partition coefficient (Wildman–Crippen LogP) is 1.85. The molecule has 1 spiro atoms. The van der Waals surface area contributed by atoms with Gasteiger partial charge < -0.3 is 5.32 Å². The normalized spacial score (nSPS) is 23.5. The SMILES string of the molecule is FC(F)n1ccnc1CN1CCC2(CCNCC2)C1. The van der Waals surface area contributed by atoms with Crippen molar-refractivity contribution < 1.29 is 8.78 Å². The summed E-state index contributed by atoms with van der Waals surface area (Å²) in [6.45, 7) is 2.22. The highest BCUT2D eigenvalue weighted by atomic mass is 19.3. The lowest BCUT2D eigenvalue weighted by Gasteiger charge is -2.33. The molecule has 0 bridgehead atoms. The number of alkyl halides is 2. The van der Waals surface area contributed by atoms with E-state index in [1.165, 1.54) is 31.7 Å². The molecule has 2 fully saturated rings. The van der Waals surface area contributed by atoms with Gasteiger partial charge in [0.25, 0.3) is 0 Å². The zero-order valence-corrected chi connectivity index (χ0v) is 11.0. The second-order valence-electron chi connectivity index (χ2n) is 5.74. The first-order valence-corrected chi connectivity index (χ1v) is 6.92. The first-order valence-electron chi connectivity index (χ1n) is 6.92. The van der Waals surface area contributed by atoms with Crippen molar-refractivity contribution in [1.29, 1.82) is 0 Å². The highest BCUT2D eigenvalue weighted by molar-refractivity contribution is 4.97. The molecule has 3 heterocycles. The lowest BCUT2D eigenvalue weighted by atomic mass is 9.78. The molecule has 19 heavy (non-hydrogen) atoms. The number of hydrogen-bond donors (Lipinski definition) is 1. The van der Waals surface area contributed by atoms with Crippen LogP contribution in [0.25, 0.3) is 0 Å². The number of likely N-dealkylation sites (tertiary alicyclic amines) is 1. The predicted molar refractivity (Wildman–Crippen MR) is 67.9 cm³/mol. The summed E-state index contributed by atoms with van der Waals surface area (Å²) < 4.78 is 26.5. The summed E-state index contributed by atoms with van der Waals surface area (Å²) in [7, 11) is 0. The Balaban J connectivity index is 1.64. The average molecular weight is 270 g/mol. The molecule has 1 aromatic rings. The van der Waals surface area contributed by atoms with E-state index in [-0.39, 0.29) is 0 Å². The Labute approximate surface area is 111 Å². The summed E-state index contributed by atoms with van der Waals surface area (Å²) >= 11 is 0. The second-order valence-corrected chi connectivity index (χ2v) is 5.74. The summed E-state index contributed by atoms with van der Waals surface area (Å²) in [5, 5.41) is 3.39. The van der Waals surface area contributed by atoms with Gasteiger partial charge >= 0.3 is 6.55 Å². The molecule has 0 atom stereocenters. The van der Waals surface area contributed by atoms with Gasteiger partial charge in [-0.2, -0.15) is 8.78 Å². The summed E-state index contributed by atoms with van der Waals surface area (Å²) in [6.07, 6.45) is 6.40. The Morgan fingerprint density at radius 2 is 2.11 bits per heavy atom. The molecular formula is C13H20F2N4. The van der Waals surface area contributed by atoms with Crippen LogP contribution in [0.5, 0.6) is 0 Å². The highest BCUT2D eigenvalue weighted by Crippen LogP contribution is 2.38. The van der Waals surface area contributed by atoms with Gasteiger partial charge in [-0.3, -0.25) is 9.47 Å². The molecular weight excluding hydrogens is 250 g/mol. The van der Waals surface area contributed by atoms with Crippen LogP contribution in [0.3, 0.4) is 0 Å². The number of rotatable bonds is 3. The molecule has 0 aliphatic carbocycles. The topological polar surface area (TPSA) is 33.1 Å². The molecule has 6 heteroatoms. The molecule has 0 unspecified atom stereocenters. The smallest absolute Gasteiger partial charge is 0.317 e. The standard InChI is InChI=1S/C13H20F2N4/c14-12(15)19-8-6-17-11(19)9-18-7-3-13(10-18)1-4-16-5-2-13/h6,8,12,16H,1-5,7,9-10H2. The number of aromatic nitrogens is 2. The molecule has 2 saturated heterocycles. The van der Waals surface area contributed by atoms with Crippen LogP contribution in [0.15, 0.2) is 12.4 Å². The highest BCUT2D eigenvalue weighted by Gasteiger charge is 2.39. The molecule has 1 N–H and O–H groups in total. The van der Waals surface area contributed by atoms with Crippen molar-refractivity contribution in [3.63, 3.8) is 0 Å². The quantitative estimate of drug-likeness (QED) is 0.910. The molecule has 0 saturated carbocycles. The van der Waals surface area contributed by atoms with Crippen molar-refractivity contribution in [3.8, 4) is 0 Å². The Bertz CT molecular complexity index is 426. The van der Waals surface area contributed by atoms with Gasteiger partial charge in [0.15, 0.2) is 0 Å². The van der Waals surface area contributed by atoms with E-state index in [9.17, 15) is 8.78 Å². The molecule has 0 aromatic carbocycles. The lowest BCUT2D eigenvalue weighted by molar-refractivity contribution is 0.0640. The van der Waals surface area contributed by atoms with E-state index >= 15 is 0 Å². The molecule has 4 nitrogen and oxygen atoms in total. The molecule has 1 aromatic heterocycles. The van der Waals surface area contributed by atoms with E-state index < -0.39 is 6.55 Å². The van der Waals surface area contributed by atoms with Crippen molar-refractivity contribution in [1.82, 2.24) is 19.8 Å². The minimum absolute atomic E-state index is 0.410. The van der Waals surface area contributed by atoms with Crippen molar-refractivity contribution in [2.45, 2.75) is 32.4 Å². The maximum atomic E-state index is 12.8. The van der Waals surface area contributed by atoms with Gasteiger partial charge in [0.1, 0.15) is 5.82 Å². The zero-order valence-electron chi connectivity index (χ0n) is 11.0. The molecule has 0 radical (unpaired) electrons. The van der Waals surface area contributed by atoms with Crippen LogP contribution in [-0.2, 0) is 6.54 Å². The molecule has 3 rings (SSSR count). The monoisotopic (exact) mass is 270 g/mol. The summed E-state index contributed by atoms with van der Waals surface area (Å²) in [5.41, 5.74) is 0.410. The first kappa shape index (κ1) is 13.0. The number of halogens is 2. The van der Waals surface area contributed by atoms with Gasteiger partial charge in [-0.25, -0.2) is 4.98 Å². The Morgan fingerprint density at radius 1 is 1.32 bits per heavy atom. The van der Waals surface area contributed by atoms with Crippen molar-refractivity contribution in [3.05, 3.63) is 18.2 Å². The number of piperidine rings is 1. The van der Waals surface area contributed by atoms with E-state index in [4.69, 9.17) is 0 Å².